The Kier molecular flexibility index (Phi) is 5.23. The molecule has 1 amide bonds. The van der Waals surface area contributed by atoms with E-state index in [1.807, 2.05) is 49.4 Å². The standard InChI is InChI=1S/C20H19N3O3S/c1-14(17-8-7-15-5-3-4-6-18(15)13-17)21-22-20(24)16-9-11-19(12-10-16)23-27(2,25)26/h3-13,23H,1-2H3,(H,22,24). The molecule has 0 aromatic heterocycles. The van der Waals surface area contributed by atoms with Crippen LogP contribution in [0.4, 0.5) is 5.69 Å². The van der Waals surface area contributed by atoms with E-state index in [4.69, 9.17) is 0 Å². The van der Waals surface area contributed by atoms with Crippen molar-refractivity contribution in [2.75, 3.05) is 11.0 Å². The minimum absolute atomic E-state index is 0.374. The predicted octanol–water partition coefficient (Wildman–Crippen LogP) is 3.37. The van der Waals surface area contributed by atoms with Crippen molar-refractivity contribution in [3.05, 3.63) is 77.9 Å². The van der Waals surface area contributed by atoms with Gasteiger partial charge >= 0.3 is 0 Å². The number of nitrogens with one attached hydrogen (secondary N) is 2. The van der Waals surface area contributed by atoms with Gasteiger partial charge < -0.3 is 0 Å². The molecule has 0 aliphatic carbocycles. The third-order valence-corrected chi connectivity index (χ3v) is 4.55. The van der Waals surface area contributed by atoms with Crippen molar-refractivity contribution in [1.82, 2.24) is 5.43 Å². The van der Waals surface area contributed by atoms with Gasteiger partial charge in [0.25, 0.3) is 5.91 Å². The molecule has 0 heterocycles. The number of carbonyl (C=O) groups excluding carboxylic acids is 1. The molecule has 0 aliphatic rings. The zero-order valence-electron chi connectivity index (χ0n) is 14.9. The average Bonchev–Trinajstić information content (AvgIpc) is 2.64. The zero-order chi connectivity index (χ0) is 19.4. The maximum Gasteiger partial charge on any atom is 0.271 e. The van der Waals surface area contributed by atoms with Crippen LogP contribution in [0.3, 0.4) is 0 Å². The maximum absolute atomic E-state index is 12.2. The van der Waals surface area contributed by atoms with Crippen molar-refractivity contribution in [1.29, 1.82) is 0 Å². The lowest BCUT2D eigenvalue weighted by molar-refractivity contribution is 0.0955. The Bertz CT molecular complexity index is 1120. The van der Waals surface area contributed by atoms with Crippen molar-refractivity contribution in [3.8, 4) is 0 Å². The zero-order valence-corrected chi connectivity index (χ0v) is 15.7. The number of fused-ring (bicyclic) bond motifs is 1. The smallest absolute Gasteiger partial charge is 0.271 e. The number of carbonyl (C=O) groups is 1. The summed E-state index contributed by atoms with van der Waals surface area (Å²) < 4.78 is 24.8. The first kappa shape index (κ1) is 18.6. The third kappa shape index (κ3) is 4.92. The number of nitrogens with zero attached hydrogens (tertiary/aromatic N) is 1. The van der Waals surface area contributed by atoms with Gasteiger partial charge in [0.15, 0.2) is 0 Å². The lowest BCUT2D eigenvalue weighted by Gasteiger charge is -2.06. The van der Waals surface area contributed by atoms with E-state index in [0.717, 1.165) is 22.6 Å². The molecule has 0 atom stereocenters. The largest absolute Gasteiger partial charge is 0.284 e. The molecule has 3 aromatic carbocycles. The van der Waals surface area contributed by atoms with E-state index in [9.17, 15) is 13.2 Å². The van der Waals surface area contributed by atoms with E-state index in [1.165, 1.54) is 24.3 Å². The monoisotopic (exact) mass is 381 g/mol. The molecule has 7 heteroatoms. The van der Waals surface area contributed by atoms with Crippen LogP contribution in [0.2, 0.25) is 0 Å². The Morgan fingerprint density at radius 3 is 2.19 bits per heavy atom. The lowest BCUT2D eigenvalue weighted by atomic mass is 10.0. The summed E-state index contributed by atoms with van der Waals surface area (Å²) in [6.07, 6.45) is 1.07. The molecule has 0 unspecified atom stereocenters. The highest BCUT2D eigenvalue weighted by atomic mass is 32.2. The maximum atomic E-state index is 12.2. The predicted molar refractivity (Wildman–Crippen MR) is 109 cm³/mol. The van der Waals surface area contributed by atoms with Gasteiger partial charge in [-0.2, -0.15) is 5.10 Å². The van der Waals surface area contributed by atoms with E-state index in [2.05, 4.69) is 15.2 Å². The van der Waals surface area contributed by atoms with Gasteiger partial charge in [0.2, 0.25) is 10.0 Å². The molecule has 0 bridgehead atoms. The molecular formula is C20H19N3O3S. The second-order valence-electron chi connectivity index (χ2n) is 6.15. The van der Waals surface area contributed by atoms with Crippen LogP contribution in [-0.4, -0.2) is 26.3 Å². The van der Waals surface area contributed by atoms with Crippen molar-refractivity contribution < 1.29 is 13.2 Å². The van der Waals surface area contributed by atoms with Crippen molar-refractivity contribution in [2.24, 2.45) is 5.10 Å². The number of sulfonamides is 1. The molecule has 3 rings (SSSR count). The molecule has 0 aliphatic heterocycles. The van der Waals surface area contributed by atoms with Gasteiger partial charge in [-0.05, 0) is 53.6 Å². The Morgan fingerprint density at radius 2 is 1.52 bits per heavy atom. The van der Waals surface area contributed by atoms with Crippen LogP contribution >= 0.6 is 0 Å². The van der Waals surface area contributed by atoms with E-state index < -0.39 is 10.0 Å². The summed E-state index contributed by atoms with van der Waals surface area (Å²) in [5, 5.41) is 6.41. The molecule has 3 aromatic rings. The van der Waals surface area contributed by atoms with E-state index in [0.29, 0.717) is 17.0 Å². The number of anilines is 1. The van der Waals surface area contributed by atoms with Crippen LogP contribution in [0, 0.1) is 0 Å². The van der Waals surface area contributed by atoms with Gasteiger partial charge in [-0.3, -0.25) is 9.52 Å². The SMILES string of the molecule is CC(=NNC(=O)c1ccc(NS(C)(=O)=O)cc1)c1ccc2ccccc2c1. The topological polar surface area (TPSA) is 87.6 Å². The fraction of sp³-hybridized carbons (Fsp3) is 0.100. The minimum atomic E-state index is -3.35. The van der Waals surface area contributed by atoms with E-state index >= 15 is 0 Å². The van der Waals surface area contributed by atoms with Gasteiger partial charge in [0, 0.05) is 11.3 Å². The summed E-state index contributed by atoms with van der Waals surface area (Å²) in [6.45, 7) is 1.82. The fourth-order valence-corrected chi connectivity index (χ4v) is 3.15. The molecule has 27 heavy (non-hydrogen) atoms. The van der Waals surface area contributed by atoms with Crippen molar-refractivity contribution in [2.45, 2.75) is 6.92 Å². The van der Waals surface area contributed by atoms with E-state index in [1.54, 1.807) is 0 Å². The van der Waals surface area contributed by atoms with Crippen LogP contribution in [0.1, 0.15) is 22.8 Å². The number of hydrogen-bond acceptors (Lipinski definition) is 4. The number of hydrazone groups is 1. The van der Waals surface area contributed by atoms with Crippen LogP contribution < -0.4 is 10.1 Å². The Labute approximate surface area is 158 Å². The Morgan fingerprint density at radius 1 is 0.889 bits per heavy atom. The number of hydrogen-bond donors (Lipinski definition) is 2. The summed E-state index contributed by atoms with van der Waals surface area (Å²) in [5.74, 6) is -0.374. The van der Waals surface area contributed by atoms with Crippen molar-refractivity contribution in [3.63, 3.8) is 0 Å². The third-order valence-electron chi connectivity index (χ3n) is 3.94. The van der Waals surface area contributed by atoms with E-state index in [-0.39, 0.29) is 5.91 Å². The van der Waals surface area contributed by atoms with Crippen LogP contribution in [0.15, 0.2) is 71.8 Å². The summed E-state index contributed by atoms with van der Waals surface area (Å²) >= 11 is 0. The summed E-state index contributed by atoms with van der Waals surface area (Å²) in [5.41, 5.74) is 4.90. The quantitative estimate of drug-likeness (QED) is 0.525. The Balaban J connectivity index is 1.71. The molecule has 0 fully saturated rings. The van der Waals surface area contributed by atoms with Gasteiger partial charge in [-0.25, -0.2) is 13.8 Å². The second-order valence-corrected chi connectivity index (χ2v) is 7.90. The van der Waals surface area contributed by atoms with Crippen LogP contribution in [-0.2, 0) is 10.0 Å². The van der Waals surface area contributed by atoms with Gasteiger partial charge in [0.05, 0.1) is 12.0 Å². The molecule has 2 N–H and O–H groups in total. The molecule has 138 valence electrons. The van der Waals surface area contributed by atoms with Crippen molar-refractivity contribution >= 4 is 38.1 Å². The highest BCUT2D eigenvalue weighted by molar-refractivity contribution is 7.92. The minimum Gasteiger partial charge on any atom is -0.284 e. The summed E-state index contributed by atoms with van der Waals surface area (Å²) in [6, 6.07) is 20.1. The van der Waals surface area contributed by atoms with Crippen LogP contribution in [0.25, 0.3) is 10.8 Å². The number of amides is 1. The molecule has 0 saturated heterocycles. The molecule has 0 radical (unpaired) electrons. The number of rotatable bonds is 5. The Hall–Kier alpha value is -3.19. The first-order chi connectivity index (χ1) is 12.8. The molecule has 0 spiro atoms. The second kappa shape index (κ2) is 7.59. The highest BCUT2D eigenvalue weighted by Gasteiger charge is 2.07. The van der Waals surface area contributed by atoms with Crippen LogP contribution in [0.5, 0.6) is 0 Å². The first-order valence-electron chi connectivity index (χ1n) is 8.23. The average molecular weight is 381 g/mol. The van der Waals surface area contributed by atoms with Gasteiger partial charge in [-0.15, -0.1) is 0 Å². The highest BCUT2D eigenvalue weighted by Crippen LogP contribution is 2.16. The summed E-state index contributed by atoms with van der Waals surface area (Å²) in [7, 11) is -3.35. The fourth-order valence-electron chi connectivity index (χ4n) is 2.58. The first-order valence-corrected chi connectivity index (χ1v) is 10.1. The lowest BCUT2D eigenvalue weighted by Crippen LogP contribution is -2.19. The normalized spacial score (nSPS) is 12.0. The van der Waals surface area contributed by atoms with Gasteiger partial charge in [0.1, 0.15) is 0 Å². The molecule has 0 saturated carbocycles. The number of benzene rings is 3. The molecular weight excluding hydrogens is 362 g/mol. The van der Waals surface area contributed by atoms with Gasteiger partial charge in [-0.1, -0.05) is 36.4 Å². The summed E-state index contributed by atoms with van der Waals surface area (Å²) in [4.78, 5) is 12.2. The molecule has 6 nitrogen and oxygen atoms in total.